The Bertz CT molecular complexity index is 496. The molecule has 5 heteroatoms. The Hall–Kier alpha value is -1.88. The molecule has 2 aromatic heterocycles. The molecular weight excluding hydrogens is 234 g/mol. The van der Waals surface area contributed by atoms with Gasteiger partial charge in [0.2, 0.25) is 0 Å². The number of hydrogen-bond acceptors (Lipinski definition) is 4. The van der Waals surface area contributed by atoms with Crippen LogP contribution in [0.2, 0.25) is 0 Å². The van der Waals surface area contributed by atoms with E-state index in [1.165, 1.54) is 5.56 Å². The van der Waals surface area contributed by atoms with Crippen molar-refractivity contribution in [2.24, 2.45) is 0 Å². The van der Waals surface area contributed by atoms with Gasteiger partial charge in [0.25, 0.3) is 5.91 Å². The molecule has 3 N–H and O–H groups in total. The molecule has 0 aliphatic rings. The van der Waals surface area contributed by atoms with Gasteiger partial charge in [-0.15, -0.1) is 0 Å². The molecule has 0 bridgehead atoms. The predicted octanol–water partition coefficient (Wildman–Crippen LogP) is 1.70. The highest BCUT2D eigenvalue weighted by Crippen LogP contribution is 2.07. The van der Waals surface area contributed by atoms with Crippen LogP contribution in [0.25, 0.3) is 0 Å². The van der Waals surface area contributed by atoms with Crippen LogP contribution in [-0.2, 0) is 6.42 Å². The van der Waals surface area contributed by atoms with Crippen LogP contribution in [0.15, 0.2) is 35.2 Å². The van der Waals surface area contributed by atoms with Crippen molar-refractivity contribution >= 4 is 22.9 Å². The lowest BCUT2D eigenvalue weighted by atomic mass is 10.2. The third kappa shape index (κ3) is 3.04. The standard InChI is InChI=1S/C12H13N3OS/c13-10-2-1-5-14-11(10)12(16)15-6-3-9-4-7-17-8-9/h1-2,4-5,7-8H,3,6,13H2,(H,15,16). The van der Waals surface area contributed by atoms with Crippen molar-refractivity contribution in [1.82, 2.24) is 10.3 Å². The number of nitrogens with one attached hydrogen (secondary N) is 1. The fourth-order valence-corrected chi connectivity index (χ4v) is 2.15. The fraction of sp³-hybridized carbons (Fsp3) is 0.167. The van der Waals surface area contributed by atoms with Gasteiger partial charge >= 0.3 is 0 Å². The molecule has 1 amide bonds. The summed E-state index contributed by atoms with van der Waals surface area (Å²) in [5.41, 5.74) is 7.59. The van der Waals surface area contributed by atoms with E-state index in [0.29, 0.717) is 12.2 Å². The highest BCUT2D eigenvalue weighted by atomic mass is 32.1. The molecule has 0 aromatic carbocycles. The smallest absolute Gasteiger partial charge is 0.272 e. The molecule has 0 saturated heterocycles. The van der Waals surface area contributed by atoms with Gasteiger partial charge in [-0.25, -0.2) is 4.98 Å². The lowest BCUT2D eigenvalue weighted by molar-refractivity contribution is 0.0950. The summed E-state index contributed by atoms with van der Waals surface area (Å²) in [4.78, 5) is 15.7. The summed E-state index contributed by atoms with van der Waals surface area (Å²) in [6.45, 7) is 0.589. The SMILES string of the molecule is Nc1cccnc1C(=O)NCCc1ccsc1. The Balaban J connectivity index is 1.88. The number of rotatable bonds is 4. The van der Waals surface area contributed by atoms with Crippen molar-refractivity contribution in [3.8, 4) is 0 Å². The number of hydrogen-bond donors (Lipinski definition) is 2. The van der Waals surface area contributed by atoms with Crippen molar-refractivity contribution in [2.75, 3.05) is 12.3 Å². The van der Waals surface area contributed by atoms with E-state index in [9.17, 15) is 4.79 Å². The number of aromatic nitrogens is 1. The molecule has 0 radical (unpaired) electrons. The lowest BCUT2D eigenvalue weighted by Gasteiger charge is -2.05. The van der Waals surface area contributed by atoms with E-state index in [-0.39, 0.29) is 11.6 Å². The molecule has 88 valence electrons. The van der Waals surface area contributed by atoms with E-state index in [2.05, 4.69) is 15.7 Å². The highest BCUT2D eigenvalue weighted by Gasteiger charge is 2.09. The molecule has 0 fully saturated rings. The number of thiophene rings is 1. The minimum Gasteiger partial charge on any atom is -0.397 e. The maximum atomic E-state index is 11.7. The minimum absolute atomic E-state index is 0.224. The molecule has 2 heterocycles. The Morgan fingerprint density at radius 3 is 3.06 bits per heavy atom. The van der Waals surface area contributed by atoms with E-state index in [1.54, 1.807) is 29.7 Å². The van der Waals surface area contributed by atoms with Crippen LogP contribution in [0, 0.1) is 0 Å². The summed E-state index contributed by atoms with van der Waals surface area (Å²) in [5.74, 6) is -0.224. The minimum atomic E-state index is -0.224. The molecule has 0 unspecified atom stereocenters. The van der Waals surface area contributed by atoms with Gasteiger partial charge in [0.15, 0.2) is 5.69 Å². The number of carbonyl (C=O) groups is 1. The molecule has 0 aliphatic heterocycles. The van der Waals surface area contributed by atoms with Crippen LogP contribution >= 0.6 is 11.3 Å². The van der Waals surface area contributed by atoms with Crippen molar-refractivity contribution in [3.63, 3.8) is 0 Å². The van der Waals surface area contributed by atoms with Gasteiger partial charge in [0.05, 0.1) is 5.69 Å². The maximum absolute atomic E-state index is 11.7. The van der Waals surface area contributed by atoms with Crippen LogP contribution in [0.3, 0.4) is 0 Å². The van der Waals surface area contributed by atoms with Crippen molar-refractivity contribution in [3.05, 3.63) is 46.4 Å². The second kappa shape index (κ2) is 5.45. The summed E-state index contributed by atoms with van der Waals surface area (Å²) in [5, 5.41) is 6.89. The summed E-state index contributed by atoms with van der Waals surface area (Å²) < 4.78 is 0. The first-order chi connectivity index (χ1) is 8.27. The molecule has 0 saturated carbocycles. The predicted molar refractivity (Wildman–Crippen MR) is 69.0 cm³/mol. The first-order valence-electron chi connectivity index (χ1n) is 5.27. The first kappa shape index (κ1) is 11.6. The van der Waals surface area contributed by atoms with Gasteiger partial charge in [-0.2, -0.15) is 11.3 Å². The number of nitrogen functional groups attached to an aromatic ring is 1. The van der Waals surface area contributed by atoms with Gasteiger partial charge < -0.3 is 11.1 Å². The maximum Gasteiger partial charge on any atom is 0.272 e. The molecule has 17 heavy (non-hydrogen) atoms. The zero-order chi connectivity index (χ0) is 12.1. The van der Waals surface area contributed by atoms with E-state index < -0.39 is 0 Å². The molecule has 2 aromatic rings. The number of anilines is 1. The third-order valence-corrected chi connectivity index (χ3v) is 3.07. The normalized spacial score (nSPS) is 10.1. The molecule has 0 aliphatic carbocycles. The molecular formula is C12H13N3OS. The zero-order valence-corrected chi connectivity index (χ0v) is 10.0. The van der Waals surface area contributed by atoms with Crippen LogP contribution < -0.4 is 11.1 Å². The number of amides is 1. The van der Waals surface area contributed by atoms with E-state index in [4.69, 9.17) is 5.73 Å². The third-order valence-electron chi connectivity index (χ3n) is 2.33. The number of nitrogens with two attached hydrogens (primary N) is 1. The van der Waals surface area contributed by atoms with Crippen LogP contribution in [0.4, 0.5) is 5.69 Å². The van der Waals surface area contributed by atoms with Crippen molar-refractivity contribution < 1.29 is 4.79 Å². The second-order valence-corrected chi connectivity index (χ2v) is 4.36. The summed E-state index contributed by atoms with van der Waals surface area (Å²) in [6.07, 6.45) is 2.38. The van der Waals surface area contributed by atoms with Gasteiger partial charge in [-0.1, -0.05) is 0 Å². The van der Waals surface area contributed by atoms with Crippen LogP contribution in [-0.4, -0.2) is 17.4 Å². The monoisotopic (exact) mass is 247 g/mol. The molecule has 2 rings (SSSR count). The Kier molecular flexibility index (Phi) is 3.72. The van der Waals surface area contributed by atoms with Crippen LogP contribution in [0.5, 0.6) is 0 Å². The van der Waals surface area contributed by atoms with E-state index >= 15 is 0 Å². The average molecular weight is 247 g/mol. The Morgan fingerprint density at radius 2 is 2.35 bits per heavy atom. The fourth-order valence-electron chi connectivity index (χ4n) is 1.45. The lowest BCUT2D eigenvalue weighted by Crippen LogP contribution is -2.27. The number of pyridine rings is 1. The molecule has 0 spiro atoms. The van der Waals surface area contributed by atoms with Gasteiger partial charge in [0.1, 0.15) is 0 Å². The van der Waals surface area contributed by atoms with Crippen molar-refractivity contribution in [2.45, 2.75) is 6.42 Å². The van der Waals surface area contributed by atoms with Gasteiger partial charge in [-0.3, -0.25) is 4.79 Å². The van der Waals surface area contributed by atoms with Gasteiger partial charge in [0, 0.05) is 12.7 Å². The number of nitrogens with zero attached hydrogens (tertiary/aromatic N) is 1. The van der Waals surface area contributed by atoms with Gasteiger partial charge in [-0.05, 0) is 40.9 Å². The Labute approximate surface area is 103 Å². The van der Waals surface area contributed by atoms with Crippen LogP contribution in [0.1, 0.15) is 16.1 Å². The first-order valence-corrected chi connectivity index (χ1v) is 6.21. The second-order valence-electron chi connectivity index (χ2n) is 3.58. The molecule has 4 nitrogen and oxygen atoms in total. The molecule has 0 atom stereocenters. The summed E-state index contributed by atoms with van der Waals surface area (Å²) in [7, 11) is 0. The topological polar surface area (TPSA) is 68.0 Å². The van der Waals surface area contributed by atoms with E-state index in [1.807, 2.05) is 11.4 Å². The Morgan fingerprint density at radius 1 is 1.47 bits per heavy atom. The highest BCUT2D eigenvalue weighted by molar-refractivity contribution is 7.07. The zero-order valence-electron chi connectivity index (χ0n) is 9.22. The largest absolute Gasteiger partial charge is 0.397 e. The quantitative estimate of drug-likeness (QED) is 0.864. The summed E-state index contributed by atoms with van der Waals surface area (Å²) >= 11 is 1.65. The van der Waals surface area contributed by atoms with E-state index in [0.717, 1.165) is 6.42 Å². The average Bonchev–Trinajstić information content (AvgIpc) is 2.82. The summed E-state index contributed by atoms with van der Waals surface area (Å²) in [6, 6.07) is 5.42. The van der Waals surface area contributed by atoms with Crippen molar-refractivity contribution in [1.29, 1.82) is 0 Å². The number of carbonyl (C=O) groups excluding carboxylic acids is 1.